The molecule has 0 heterocycles. The van der Waals surface area contributed by atoms with Crippen molar-refractivity contribution in [2.24, 2.45) is 5.92 Å². The van der Waals surface area contributed by atoms with E-state index in [4.69, 9.17) is 4.74 Å². The summed E-state index contributed by atoms with van der Waals surface area (Å²) in [5.41, 5.74) is -0.191. The van der Waals surface area contributed by atoms with E-state index in [1.54, 1.807) is 0 Å². The number of rotatable bonds is 2. The highest BCUT2D eigenvalue weighted by atomic mass is 16.5. The van der Waals surface area contributed by atoms with Gasteiger partial charge in [-0.25, -0.2) is 0 Å². The van der Waals surface area contributed by atoms with Gasteiger partial charge in [-0.05, 0) is 26.7 Å². The van der Waals surface area contributed by atoms with Crippen molar-refractivity contribution in [2.75, 3.05) is 6.61 Å². The lowest BCUT2D eigenvalue weighted by molar-refractivity contribution is -0.133. The molecule has 0 aliphatic heterocycles. The van der Waals surface area contributed by atoms with E-state index in [0.29, 0.717) is 19.4 Å². The molecule has 0 bridgehead atoms. The maximum Gasteiger partial charge on any atom is 0.140 e. The van der Waals surface area contributed by atoms with E-state index >= 15 is 0 Å². The first-order valence-electron chi connectivity index (χ1n) is 5.04. The molecule has 0 saturated heterocycles. The van der Waals surface area contributed by atoms with Gasteiger partial charge in [0.2, 0.25) is 0 Å². The summed E-state index contributed by atoms with van der Waals surface area (Å²) in [5.74, 6) is 0.218. The number of ether oxygens (including phenoxy) is 1. The number of Topliss-reactive ketones (excluding diaryl/α,β-unsaturated/α-hetero) is 2. The molecule has 3 heteroatoms. The molecule has 0 aromatic heterocycles. The SMILES string of the molecule is CC(C)(C)OCC1CC(=O)CC(=O)C1. The van der Waals surface area contributed by atoms with Crippen LogP contribution in [-0.2, 0) is 14.3 Å². The van der Waals surface area contributed by atoms with Gasteiger partial charge in [-0.1, -0.05) is 0 Å². The van der Waals surface area contributed by atoms with Crippen LogP contribution in [-0.4, -0.2) is 23.8 Å². The van der Waals surface area contributed by atoms with Crippen molar-refractivity contribution in [1.82, 2.24) is 0 Å². The summed E-state index contributed by atoms with van der Waals surface area (Å²) >= 11 is 0. The predicted molar refractivity (Wildman–Crippen MR) is 53.1 cm³/mol. The highest BCUT2D eigenvalue weighted by Crippen LogP contribution is 2.21. The second-order valence-corrected chi connectivity index (χ2v) is 4.95. The second-order valence-electron chi connectivity index (χ2n) is 4.95. The summed E-state index contributed by atoms with van der Waals surface area (Å²) in [5, 5.41) is 0. The van der Waals surface area contributed by atoms with Gasteiger partial charge in [-0.15, -0.1) is 0 Å². The number of carbonyl (C=O) groups excluding carboxylic acids is 2. The van der Waals surface area contributed by atoms with E-state index in [9.17, 15) is 9.59 Å². The van der Waals surface area contributed by atoms with E-state index in [0.717, 1.165) is 0 Å². The Morgan fingerprint density at radius 2 is 1.71 bits per heavy atom. The first-order chi connectivity index (χ1) is 6.37. The Kier molecular flexibility index (Phi) is 3.43. The quantitative estimate of drug-likeness (QED) is 0.635. The molecular formula is C11H18O3. The standard InChI is InChI=1S/C11H18O3/c1-11(2,3)14-7-8-4-9(12)6-10(13)5-8/h8H,4-7H2,1-3H3. The molecule has 0 aromatic rings. The molecule has 0 unspecified atom stereocenters. The van der Waals surface area contributed by atoms with Crippen LogP contribution in [0, 0.1) is 5.92 Å². The summed E-state index contributed by atoms with van der Waals surface area (Å²) in [6.07, 6.45) is 1.13. The fourth-order valence-corrected chi connectivity index (χ4v) is 1.57. The normalized spacial score (nSPS) is 20.2. The minimum absolute atomic E-state index is 0.0590. The van der Waals surface area contributed by atoms with E-state index in [1.165, 1.54) is 0 Å². The van der Waals surface area contributed by atoms with Crippen molar-refractivity contribution in [3.63, 3.8) is 0 Å². The topological polar surface area (TPSA) is 43.4 Å². The van der Waals surface area contributed by atoms with Crippen LogP contribution in [0.15, 0.2) is 0 Å². The van der Waals surface area contributed by atoms with Crippen LogP contribution in [0.1, 0.15) is 40.0 Å². The van der Waals surface area contributed by atoms with Gasteiger partial charge in [0.15, 0.2) is 0 Å². The molecule has 0 aromatic carbocycles. The van der Waals surface area contributed by atoms with Crippen LogP contribution in [0.5, 0.6) is 0 Å². The third-order valence-electron chi connectivity index (χ3n) is 2.18. The van der Waals surface area contributed by atoms with Crippen LogP contribution < -0.4 is 0 Å². The van der Waals surface area contributed by atoms with Crippen molar-refractivity contribution in [1.29, 1.82) is 0 Å². The van der Waals surface area contributed by atoms with Gasteiger partial charge in [-0.3, -0.25) is 9.59 Å². The van der Waals surface area contributed by atoms with Gasteiger partial charge in [0.25, 0.3) is 0 Å². The van der Waals surface area contributed by atoms with Crippen LogP contribution in [0.25, 0.3) is 0 Å². The molecule has 0 radical (unpaired) electrons. The van der Waals surface area contributed by atoms with Gasteiger partial charge in [0, 0.05) is 12.8 Å². The molecule has 1 aliphatic rings. The molecular weight excluding hydrogens is 180 g/mol. The molecule has 1 rings (SSSR count). The van der Waals surface area contributed by atoms with Crippen LogP contribution in [0.2, 0.25) is 0 Å². The summed E-state index contributed by atoms with van der Waals surface area (Å²) in [6.45, 7) is 6.43. The maximum absolute atomic E-state index is 11.1. The summed E-state index contributed by atoms with van der Waals surface area (Å²) in [4.78, 5) is 22.3. The smallest absolute Gasteiger partial charge is 0.140 e. The number of ketones is 2. The second kappa shape index (κ2) is 4.22. The molecule has 1 saturated carbocycles. The Balaban J connectivity index is 2.38. The van der Waals surface area contributed by atoms with Crippen molar-refractivity contribution < 1.29 is 14.3 Å². The van der Waals surface area contributed by atoms with Crippen molar-refractivity contribution >= 4 is 11.6 Å². The Morgan fingerprint density at radius 3 is 2.14 bits per heavy atom. The molecule has 0 atom stereocenters. The van der Waals surface area contributed by atoms with Crippen molar-refractivity contribution in [2.45, 2.75) is 45.6 Å². The van der Waals surface area contributed by atoms with E-state index in [2.05, 4.69) is 0 Å². The van der Waals surface area contributed by atoms with Gasteiger partial charge in [0.05, 0.1) is 18.6 Å². The van der Waals surface area contributed by atoms with Gasteiger partial charge < -0.3 is 4.74 Å². The van der Waals surface area contributed by atoms with Crippen LogP contribution in [0.4, 0.5) is 0 Å². The predicted octanol–water partition coefficient (Wildman–Crippen LogP) is 1.74. The first kappa shape index (κ1) is 11.4. The van der Waals surface area contributed by atoms with E-state index < -0.39 is 0 Å². The third kappa shape index (κ3) is 4.01. The molecule has 80 valence electrons. The summed E-state index contributed by atoms with van der Waals surface area (Å²) < 4.78 is 5.56. The first-order valence-corrected chi connectivity index (χ1v) is 5.04. The van der Waals surface area contributed by atoms with Gasteiger partial charge >= 0.3 is 0 Å². The number of hydrogen-bond donors (Lipinski definition) is 0. The summed E-state index contributed by atoms with van der Waals surface area (Å²) in [7, 11) is 0. The highest BCUT2D eigenvalue weighted by Gasteiger charge is 2.26. The molecule has 0 N–H and O–H groups in total. The van der Waals surface area contributed by atoms with Crippen molar-refractivity contribution in [3.8, 4) is 0 Å². The average molecular weight is 198 g/mol. The Hall–Kier alpha value is -0.700. The number of carbonyl (C=O) groups is 2. The molecule has 1 aliphatic carbocycles. The fraction of sp³-hybridized carbons (Fsp3) is 0.818. The maximum atomic E-state index is 11.1. The monoisotopic (exact) mass is 198 g/mol. The lowest BCUT2D eigenvalue weighted by Crippen LogP contribution is -2.29. The molecule has 1 fully saturated rings. The van der Waals surface area contributed by atoms with E-state index in [1.807, 2.05) is 20.8 Å². The lowest BCUT2D eigenvalue weighted by Gasteiger charge is -2.25. The molecule has 0 spiro atoms. The lowest BCUT2D eigenvalue weighted by atomic mass is 9.88. The Morgan fingerprint density at radius 1 is 1.21 bits per heavy atom. The molecule has 0 amide bonds. The largest absolute Gasteiger partial charge is 0.376 e. The Labute approximate surface area is 84.8 Å². The zero-order valence-corrected chi connectivity index (χ0v) is 9.13. The minimum atomic E-state index is -0.191. The fourth-order valence-electron chi connectivity index (χ4n) is 1.57. The number of hydrogen-bond acceptors (Lipinski definition) is 3. The minimum Gasteiger partial charge on any atom is -0.376 e. The molecule has 14 heavy (non-hydrogen) atoms. The highest BCUT2D eigenvalue weighted by molar-refractivity contribution is 6.01. The van der Waals surface area contributed by atoms with Gasteiger partial charge in [0.1, 0.15) is 11.6 Å². The molecule has 3 nitrogen and oxygen atoms in total. The summed E-state index contributed by atoms with van der Waals surface area (Å²) in [6, 6.07) is 0. The zero-order valence-electron chi connectivity index (χ0n) is 9.13. The van der Waals surface area contributed by atoms with Crippen LogP contribution >= 0.6 is 0 Å². The third-order valence-corrected chi connectivity index (χ3v) is 2.18. The zero-order chi connectivity index (χ0) is 10.8. The van der Waals surface area contributed by atoms with Crippen LogP contribution in [0.3, 0.4) is 0 Å². The van der Waals surface area contributed by atoms with E-state index in [-0.39, 0.29) is 29.5 Å². The average Bonchev–Trinajstić information content (AvgIpc) is 1.97. The van der Waals surface area contributed by atoms with Crippen molar-refractivity contribution in [3.05, 3.63) is 0 Å². The van der Waals surface area contributed by atoms with Gasteiger partial charge in [-0.2, -0.15) is 0 Å². The Bertz CT molecular complexity index is 221.